The van der Waals surface area contributed by atoms with Gasteiger partial charge in [-0.15, -0.1) is 0 Å². The third kappa shape index (κ3) is 3.63. The van der Waals surface area contributed by atoms with E-state index in [1.165, 1.54) is 7.11 Å². The van der Waals surface area contributed by atoms with Gasteiger partial charge in [0.15, 0.2) is 0 Å². The number of hydrogen-bond donors (Lipinski definition) is 0. The lowest BCUT2D eigenvalue weighted by atomic mass is 10.2. The van der Waals surface area contributed by atoms with E-state index in [1.54, 1.807) is 19.2 Å². The van der Waals surface area contributed by atoms with Crippen molar-refractivity contribution in [3.05, 3.63) is 22.2 Å². The van der Waals surface area contributed by atoms with Crippen LogP contribution in [0.2, 0.25) is 0 Å². The van der Waals surface area contributed by atoms with Gasteiger partial charge in [-0.3, -0.25) is 0 Å². The molecule has 0 bridgehead atoms. The lowest BCUT2D eigenvalue weighted by Gasteiger charge is -2.12. The number of esters is 1. The fourth-order valence-electron chi connectivity index (χ4n) is 1.43. The van der Waals surface area contributed by atoms with Gasteiger partial charge in [0.25, 0.3) is 0 Å². The number of rotatable bonds is 6. The number of hydrogen-bond acceptors (Lipinski definition) is 4. The first-order valence-electron chi connectivity index (χ1n) is 5.72. The minimum absolute atomic E-state index is 0.361. The summed E-state index contributed by atoms with van der Waals surface area (Å²) in [6.07, 6.45) is 1.82. The minimum Gasteiger partial charge on any atom is -0.497 e. The molecule has 0 unspecified atom stereocenters. The third-order valence-electron chi connectivity index (χ3n) is 2.41. The summed E-state index contributed by atoms with van der Waals surface area (Å²) >= 11 is 3.34. The highest BCUT2D eigenvalue weighted by Gasteiger charge is 2.18. The maximum Gasteiger partial charge on any atom is 0.342 e. The first-order valence-corrected chi connectivity index (χ1v) is 6.52. The number of halogens is 1. The highest BCUT2D eigenvalue weighted by molar-refractivity contribution is 9.10. The van der Waals surface area contributed by atoms with Crippen LogP contribution in [0, 0.1) is 0 Å². The Hall–Kier alpha value is -1.23. The summed E-state index contributed by atoms with van der Waals surface area (Å²) in [7, 11) is 3.05. The van der Waals surface area contributed by atoms with Crippen LogP contribution in [0.1, 0.15) is 30.1 Å². The molecular weight excluding hydrogens is 300 g/mol. The van der Waals surface area contributed by atoms with Crippen LogP contribution in [0.4, 0.5) is 0 Å². The summed E-state index contributed by atoms with van der Waals surface area (Å²) in [6, 6.07) is 3.35. The molecule has 0 spiro atoms. The third-order valence-corrected chi connectivity index (χ3v) is 3.00. The van der Waals surface area contributed by atoms with E-state index in [0.29, 0.717) is 28.1 Å². The van der Waals surface area contributed by atoms with E-state index in [0.717, 1.165) is 12.8 Å². The molecule has 0 aliphatic carbocycles. The van der Waals surface area contributed by atoms with Gasteiger partial charge in [-0.2, -0.15) is 0 Å². The summed E-state index contributed by atoms with van der Waals surface area (Å²) in [4.78, 5) is 11.9. The maximum absolute atomic E-state index is 11.9. The molecule has 1 rings (SSSR count). The van der Waals surface area contributed by atoms with Gasteiger partial charge in [0.2, 0.25) is 0 Å². The summed E-state index contributed by atoms with van der Waals surface area (Å²) in [6.45, 7) is 2.45. The van der Waals surface area contributed by atoms with Crippen LogP contribution in [0.25, 0.3) is 0 Å². The quantitative estimate of drug-likeness (QED) is 0.596. The molecule has 100 valence electrons. The van der Waals surface area contributed by atoms with Gasteiger partial charge < -0.3 is 14.2 Å². The highest BCUT2D eigenvalue weighted by Crippen LogP contribution is 2.34. The van der Waals surface area contributed by atoms with Crippen LogP contribution in [-0.4, -0.2) is 26.8 Å². The smallest absolute Gasteiger partial charge is 0.342 e. The molecular formula is C13H17BrO4. The van der Waals surface area contributed by atoms with Crippen molar-refractivity contribution in [2.45, 2.75) is 19.8 Å². The van der Waals surface area contributed by atoms with Crippen LogP contribution in [0.3, 0.4) is 0 Å². The molecule has 0 atom stereocenters. The normalized spacial score (nSPS) is 10.0. The molecule has 0 aliphatic rings. The highest BCUT2D eigenvalue weighted by atomic mass is 79.9. The summed E-state index contributed by atoms with van der Waals surface area (Å²) in [5.41, 5.74) is 0.361. The van der Waals surface area contributed by atoms with E-state index in [1.807, 2.05) is 6.92 Å². The molecule has 1 aromatic carbocycles. The molecule has 0 aromatic heterocycles. The number of ether oxygens (including phenoxy) is 3. The Bertz CT molecular complexity index is 418. The van der Waals surface area contributed by atoms with Crippen molar-refractivity contribution < 1.29 is 19.0 Å². The van der Waals surface area contributed by atoms with Crippen molar-refractivity contribution in [1.82, 2.24) is 0 Å². The second kappa shape index (κ2) is 7.26. The maximum atomic E-state index is 11.9. The summed E-state index contributed by atoms with van der Waals surface area (Å²) in [5.74, 6) is 0.627. The van der Waals surface area contributed by atoms with E-state index in [-0.39, 0.29) is 0 Å². The predicted molar refractivity (Wildman–Crippen MR) is 72.4 cm³/mol. The van der Waals surface area contributed by atoms with Gasteiger partial charge in [-0.25, -0.2) is 4.79 Å². The Kier molecular flexibility index (Phi) is 5.98. The fraction of sp³-hybridized carbons (Fsp3) is 0.462. The number of methoxy groups -OCH3 is 2. The zero-order valence-corrected chi connectivity index (χ0v) is 12.4. The van der Waals surface area contributed by atoms with Crippen molar-refractivity contribution in [2.24, 2.45) is 0 Å². The van der Waals surface area contributed by atoms with Crippen LogP contribution >= 0.6 is 15.9 Å². The van der Waals surface area contributed by atoms with Gasteiger partial charge in [0, 0.05) is 0 Å². The van der Waals surface area contributed by atoms with E-state index >= 15 is 0 Å². The van der Waals surface area contributed by atoms with E-state index in [9.17, 15) is 4.79 Å². The molecule has 0 saturated heterocycles. The Morgan fingerprint density at radius 1 is 1.28 bits per heavy atom. The first-order chi connectivity index (χ1) is 8.63. The zero-order chi connectivity index (χ0) is 13.5. The molecule has 0 heterocycles. The van der Waals surface area contributed by atoms with Crippen molar-refractivity contribution in [3.63, 3.8) is 0 Å². The second-order valence-corrected chi connectivity index (χ2v) is 4.53. The van der Waals surface area contributed by atoms with Crippen molar-refractivity contribution in [1.29, 1.82) is 0 Å². The predicted octanol–water partition coefficient (Wildman–Crippen LogP) is 3.42. The SMILES string of the molecule is CCCCOC(=O)c1cc(OC)cc(Br)c1OC. The van der Waals surface area contributed by atoms with Crippen LogP contribution < -0.4 is 9.47 Å². The average molecular weight is 317 g/mol. The Morgan fingerprint density at radius 2 is 2.00 bits per heavy atom. The average Bonchev–Trinajstić information content (AvgIpc) is 2.37. The summed E-state index contributed by atoms with van der Waals surface area (Å²) < 4.78 is 16.1. The molecule has 0 aliphatic heterocycles. The number of unbranched alkanes of at least 4 members (excludes halogenated alkanes) is 1. The molecule has 4 nitrogen and oxygen atoms in total. The number of benzene rings is 1. The second-order valence-electron chi connectivity index (χ2n) is 3.68. The van der Waals surface area contributed by atoms with Gasteiger partial charge in [0.05, 0.1) is 25.3 Å². The monoisotopic (exact) mass is 316 g/mol. The Balaban J connectivity index is 2.97. The fourth-order valence-corrected chi connectivity index (χ4v) is 2.03. The van der Waals surface area contributed by atoms with Gasteiger partial charge in [-0.05, 0) is 34.5 Å². The lowest BCUT2D eigenvalue weighted by Crippen LogP contribution is -2.09. The molecule has 0 fully saturated rings. The number of carbonyl (C=O) groups excluding carboxylic acids is 1. The molecule has 0 radical (unpaired) electrons. The van der Waals surface area contributed by atoms with Gasteiger partial charge in [-0.1, -0.05) is 13.3 Å². The van der Waals surface area contributed by atoms with Crippen molar-refractivity contribution >= 4 is 21.9 Å². The molecule has 0 saturated carbocycles. The minimum atomic E-state index is -0.403. The largest absolute Gasteiger partial charge is 0.497 e. The molecule has 1 aromatic rings. The molecule has 0 amide bonds. The molecule has 5 heteroatoms. The molecule has 0 N–H and O–H groups in total. The number of carbonyl (C=O) groups is 1. The van der Waals surface area contributed by atoms with Crippen LogP contribution in [-0.2, 0) is 4.74 Å². The van der Waals surface area contributed by atoms with Crippen molar-refractivity contribution in [2.75, 3.05) is 20.8 Å². The summed E-state index contributed by atoms with van der Waals surface area (Å²) in [5, 5.41) is 0. The molecule has 18 heavy (non-hydrogen) atoms. The van der Waals surface area contributed by atoms with E-state index < -0.39 is 5.97 Å². The van der Waals surface area contributed by atoms with Crippen LogP contribution in [0.15, 0.2) is 16.6 Å². The Morgan fingerprint density at radius 3 is 2.56 bits per heavy atom. The first kappa shape index (κ1) is 14.8. The van der Waals surface area contributed by atoms with Gasteiger partial charge in [0.1, 0.15) is 17.1 Å². The lowest BCUT2D eigenvalue weighted by molar-refractivity contribution is 0.0495. The van der Waals surface area contributed by atoms with Crippen molar-refractivity contribution in [3.8, 4) is 11.5 Å². The van der Waals surface area contributed by atoms with E-state index in [2.05, 4.69) is 15.9 Å². The zero-order valence-electron chi connectivity index (χ0n) is 10.8. The van der Waals surface area contributed by atoms with Crippen LogP contribution in [0.5, 0.6) is 11.5 Å². The topological polar surface area (TPSA) is 44.8 Å². The van der Waals surface area contributed by atoms with Gasteiger partial charge >= 0.3 is 5.97 Å². The van der Waals surface area contributed by atoms with E-state index in [4.69, 9.17) is 14.2 Å². The Labute approximate surface area is 115 Å². The standard InChI is InChI=1S/C13H17BrO4/c1-4-5-6-18-13(15)10-7-9(16-2)8-11(14)12(10)17-3/h7-8H,4-6H2,1-3H3.